The Bertz CT molecular complexity index is 684. The van der Waals surface area contributed by atoms with Crippen molar-refractivity contribution in [3.8, 4) is 5.75 Å². The van der Waals surface area contributed by atoms with Crippen LogP contribution in [0.1, 0.15) is 10.4 Å². The Morgan fingerprint density at radius 1 is 1.48 bits per heavy atom. The number of hydrogen-bond donors (Lipinski definition) is 2. The lowest BCUT2D eigenvalue weighted by molar-refractivity contribution is -0.137. The molecule has 0 unspecified atom stereocenters. The Balaban J connectivity index is 2.14. The third kappa shape index (κ3) is 3.73. The second kappa shape index (κ2) is 6.27. The monoisotopic (exact) mass is 309 g/mol. The van der Waals surface area contributed by atoms with Gasteiger partial charge in [-0.05, 0) is 18.2 Å². The van der Waals surface area contributed by atoms with Crippen molar-refractivity contribution < 1.29 is 19.4 Å². The van der Waals surface area contributed by atoms with Gasteiger partial charge in [-0.3, -0.25) is 14.3 Å². The van der Waals surface area contributed by atoms with E-state index >= 15 is 0 Å². The molecule has 21 heavy (non-hydrogen) atoms. The normalized spacial score (nSPS) is 10.2. The summed E-state index contributed by atoms with van der Waals surface area (Å²) in [5.74, 6) is -1.08. The summed E-state index contributed by atoms with van der Waals surface area (Å²) < 4.78 is 6.30. The third-order valence-corrected chi connectivity index (χ3v) is 2.83. The van der Waals surface area contributed by atoms with Crippen LogP contribution in [0.4, 0.5) is 5.69 Å². The predicted octanol–water partition coefficient (Wildman–Crippen LogP) is 1.88. The second-order valence-electron chi connectivity index (χ2n) is 4.12. The molecular formula is C13H12ClN3O4. The minimum absolute atomic E-state index is 0.278. The first-order chi connectivity index (χ1) is 9.99. The first kappa shape index (κ1) is 14.9. The smallest absolute Gasteiger partial charge is 0.325 e. The molecule has 1 amide bonds. The van der Waals surface area contributed by atoms with Crippen LogP contribution in [0.5, 0.6) is 5.75 Å². The minimum Gasteiger partial charge on any atom is -0.496 e. The lowest BCUT2D eigenvalue weighted by Crippen LogP contribution is -2.13. The zero-order chi connectivity index (χ0) is 15.4. The summed E-state index contributed by atoms with van der Waals surface area (Å²) in [6.45, 7) is -0.278. The average molecular weight is 310 g/mol. The number of anilines is 1. The van der Waals surface area contributed by atoms with E-state index in [1.54, 1.807) is 6.07 Å². The van der Waals surface area contributed by atoms with Gasteiger partial charge in [0.1, 0.15) is 12.3 Å². The summed E-state index contributed by atoms with van der Waals surface area (Å²) in [4.78, 5) is 22.7. The summed E-state index contributed by atoms with van der Waals surface area (Å²) in [6.07, 6.45) is 2.79. The number of aliphatic carboxylic acids is 1. The van der Waals surface area contributed by atoms with Gasteiger partial charge in [-0.25, -0.2) is 0 Å². The Morgan fingerprint density at radius 3 is 2.90 bits per heavy atom. The number of nitrogens with zero attached hydrogens (tertiary/aromatic N) is 2. The number of carboxylic acid groups (broad SMARTS) is 1. The van der Waals surface area contributed by atoms with Crippen molar-refractivity contribution in [3.63, 3.8) is 0 Å². The largest absolute Gasteiger partial charge is 0.496 e. The fourth-order valence-electron chi connectivity index (χ4n) is 1.70. The van der Waals surface area contributed by atoms with Gasteiger partial charge >= 0.3 is 5.97 Å². The highest BCUT2D eigenvalue weighted by atomic mass is 35.5. The van der Waals surface area contributed by atoms with E-state index in [0.717, 1.165) is 0 Å². The number of amides is 1. The van der Waals surface area contributed by atoms with Gasteiger partial charge in [-0.1, -0.05) is 11.6 Å². The maximum atomic E-state index is 12.1. The molecule has 0 aliphatic rings. The average Bonchev–Trinajstić information content (AvgIpc) is 2.84. The van der Waals surface area contributed by atoms with E-state index in [0.29, 0.717) is 22.0 Å². The molecule has 0 saturated carbocycles. The van der Waals surface area contributed by atoms with Gasteiger partial charge in [0.25, 0.3) is 5.91 Å². The summed E-state index contributed by atoms with van der Waals surface area (Å²) >= 11 is 5.83. The van der Waals surface area contributed by atoms with E-state index in [9.17, 15) is 9.59 Å². The van der Waals surface area contributed by atoms with Crippen molar-refractivity contribution in [2.75, 3.05) is 12.4 Å². The molecular weight excluding hydrogens is 298 g/mol. The van der Waals surface area contributed by atoms with Crippen LogP contribution in [0.15, 0.2) is 30.6 Å². The van der Waals surface area contributed by atoms with Gasteiger partial charge in [-0.2, -0.15) is 5.10 Å². The van der Waals surface area contributed by atoms with Crippen LogP contribution in [0.3, 0.4) is 0 Å². The van der Waals surface area contributed by atoms with E-state index in [1.807, 2.05) is 0 Å². The van der Waals surface area contributed by atoms with E-state index < -0.39 is 11.9 Å². The molecule has 0 spiro atoms. The lowest BCUT2D eigenvalue weighted by atomic mass is 10.2. The molecule has 110 valence electrons. The van der Waals surface area contributed by atoms with Crippen molar-refractivity contribution in [1.82, 2.24) is 9.78 Å². The van der Waals surface area contributed by atoms with E-state index in [2.05, 4.69) is 10.4 Å². The third-order valence-electron chi connectivity index (χ3n) is 2.60. The molecule has 0 saturated heterocycles. The van der Waals surface area contributed by atoms with Crippen molar-refractivity contribution in [2.24, 2.45) is 0 Å². The molecule has 0 atom stereocenters. The molecule has 7 nitrogen and oxygen atoms in total. The zero-order valence-electron chi connectivity index (χ0n) is 11.0. The quantitative estimate of drug-likeness (QED) is 0.879. The van der Waals surface area contributed by atoms with Crippen LogP contribution in [0.2, 0.25) is 5.02 Å². The lowest BCUT2D eigenvalue weighted by Gasteiger charge is -2.08. The zero-order valence-corrected chi connectivity index (χ0v) is 11.8. The maximum Gasteiger partial charge on any atom is 0.325 e. The van der Waals surface area contributed by atoms with Crippen LogP contribution in [0.25, 0.3) is 0 Å². The highest BCUT2D eigenvalue weighted by Crippen LogP contribution is 2.24. The Hall–Kier alpha value is -2.54. The molecule has 0 fully saturated rings. The van der Waals surface area contributed by atoms with Gasteiger partial charge in [0, 0.05) is 11.2 Å². The number of benzene rings is 1. The Morgan fingerprint density at radius 2 is 2.24 bits per heavy atom. The molecule has 1 aromatic heterocycles. The fraction of sp³-hybridized carbons (Fsp3) is 0.154. The molecule has 2 rings (SSSR count). The number of halogens is 1. The van der Waals surface area contributed by atoms with Crippen LogP contribution < -0.4 is 10.1 Å². The summed E-state index contributed by atoms with van der Waals surface area (Å²) in [6, 6.07) is 4.65. The molecule has 0 aliphatic heterocycles. The number of nitrogens with one attached hydrogen (secondary N) is 1. The number of carbonyl (C=O) groups excluding carboxylic acids is 1. The van der Waals surface area contributed by atoms with Crippen LogP contribution >= 0.6 is 11.6 Å². The highest BCUT2D eigenvalue weighted by molar-refractivity contribution is 6.31. The van der Waals surface area contributed by atoms with Crippen molar-refractivity contribution in [1.29, 1.82) is 0 Å². The van der Waals surface area contributed by atoms with Crippen molar-refractivity contribution in [2.45, 2.75) is 6.54 Å². The Kier molecular flexibility index (Phi) is 4.44. The minimum atomic E-state index is -1.02. The van der Waals surface area contributed by atoms with Gasteiger partial charge < -0.3 is 15.2 Å². The van der Waals surface area contributed by atoms with Crippen LogP contribution in [-0.2, 0) is 11.3 Å². The second-order valence-corrected chi connectivity index (χ2v) is 4.56. The van der Waals surface area contributed by atoms with Crippen LogP contribution in [0, 0.1) is 0 Å². The van der Waals surface area contributed by atoms with Gasteiger partial charge in [0.05, 0.1) is 24.6 Å². The number of hydrogen-bond acceptors (Lipinski definition) is 4. The van der Waals surface area contributed by atoms with Crippen LogP contribution in [-0.4, -0.2) is 33.9 Å². The Labute approximate surface area is 125 Å². The molecule has 8 heteroatoms. The van der Waals surface area contributed by atoms with Gasteiger partial charge in [-0.15, -0.1) is 0 Å². The highest BCUT2D eigenvalue weighted by Gasteiger charge is 2.14. The van der Waals surface area contributed by atoms with E-state index in [4.69, 9.17) is 21.4 Å². The number of carbonyl (C=O) groups is 2. The number of ether oxygens (including phenoxy) is 1. The van der Waals surface area contributed by atoms with Gasteiger partial charge in [0.15, 0.2) is 0 Å². The van der Waals surface area contributed by atoms with Gasteiger partial charge in [0.2, 0.25) is 0 Å². The number of rotatable bonds is 5. The topological polar surface area (TPSA) is 93.5 Å². The summed E-state index contributed by atoms with van der Waals surface area (Å²) in [7, 11) is 1.44. The maximum absolute atomic E-state index is 12.1. The molecule has 0 radical (unpaired) electrons. The van der Waals surface area contributed by atoms with E-state index in [-0.39, 0.29) is 6.54 Å². The molecule has 0 aliphatic carbocycles. The number of methoxy groups -OCH3 is 1. The molecule has 2 aromatic rings. The summed E-state index contributed by atoms with van der Waals surface area (Å²) in [5, 5.41) is 15.5. The standard InChI is InChI=1S/C13H12ClN3O4/c1-21-11-4-8(14)2-3-10(11)13(20)16-9-5-15-17(6-9)7-12(18)19/h2-6H,7H2,1H3,(H,16,20)(H,18,19). The molecule has 1 heterocycles. The summed E-state index contributed by atoms with van der Waals surface area (Å²) in [5.41, 5.74) is 0.700. The van der Waals surface area contributed by atoms with Crippen molar-refractivity contribution in [3.05, 3.63) is 41.2 Å². The molecule has 1 aromatic carbocycles. The molecule has 2 N–H and O–H groups in total. The first-order valence-corrected chi connectivity index (χ1v) is 6.26. The SMILES string of the molecule is COc1cc(Cl)ccc1C(=O)Nc1cnn(CC(=O)O)c1. The number of carboxylic acids is 1. The molecule has 0 bridgehead atoms. The first-order valence-electron chi connectivity index (χ1n) is 5.88. The number of aromatic nitrogens is 2. The van der Waals surface area contributed by atoms with E-state index in [1.165, 1.54) is 36.3 Å². The van der Waals surface area contributed by atoms with Crippen molar-refractivity contribution >= 4 is 29.2 Å². The fourth-order valence-corrected chi connectivity index (χ4v) is 1.87. The predicted molar refractivity (Wildman–Crippen MR) is 75.8 cm³/mol.